The van der Waals surface area contributed by atoms with Crippen molar-refractivity contribution < 1.29 is 5.11 Å². The van der Waals surface area contributed by atoms with E-state index in [9.17, 15) is 0 Å². The van der Waals surface area contributed by atoms with Crippen LogP contribution in [0.1, 0.15) is 14.4 Å². The number of allylic oxidation sites excluding steroid dienone is 1. The van der Waals surface area contributed by atoms with Crippen LogP contribution in [-0.2, 0) is 0 Å². The van der Waals surface area contributed by atoms with Gasteiger partial charge in [0.1, 0.15) is 0 Å². The lowest BCUT2D eigenvalue weighted by Crippen LogP contribution is -1.54. The van der Waals surface area contributed by atoms with Gasteiger partial charge in [-0.05, 0) is 6.92 Å². The molecule has 0 rings (SSSR count). The molecule has 0 atom stereocenters. The van der Waals surface area contributed by atoms with E-state index in [1.54, 1.807) is 0 Å². The first kappa shape index (κ1) is 8.82. The van der Waals surface area contributed by atoms with Crippen LogP contribution in [0.2, 0.25) is 0 Å². The van der Waals surface area contributed by atoms with E-state index in [2.05, 4.69) is 6.58 Å². The molecule has 1 heteroatoms. The van der Waals surface area contributed by atoms with Crippen molar-refractivity contribution in [1.82, 2.24) is 0 Å². The number of aliphatic hydroxyl groups is 1. The lowest BCUT2D eigenvalue weighted by Gasteiger charge is -1.68. The normalized spacial score (nSPS) is 5.00. The highest BCUT2D eigenvalue weighted by Crippen LogP contribution is 1.66. The predicted octanol–water partition coefficient (Wildman–Crippen LogP) is 1.71. The molecule has 0 aromatic heterocycles. The molecule has 1 nitrogen and oxygen atoms in total. The third kappa shape index (κ3) is 39.7. The van der Waals surface area contributed by atoms with Crippen LogP contribution in [0.4, 0.5) is 0 Å². The second kappa shape index (κ2) is 3.54. The molecule has 0 spiro atoms. The zero-order valence-electron chi connectivity index (χ0n) is 2.65. The first-order chi connectivity index (χ1) is 1.73. The molecule has 0 heterocycles. The largest absolute Gasteiger partial charge is 0.513 e. The van der Waals surface area contributed by atoms with Gasteiger partial charge in [-0.2, -0.15) is 0 Å². The molecule has 0 bridgehead atoms. The SMILES string of the molecule is C.C=C(C)O. The van der Waals surface area contributed by atoms with Crippen LogP contribution in [0, 0.1) is 0 Å². The van der Waals surface area contributed by atoms with E-state index < -0.39 is 0 Å². The van der Waals surface area contributed by atoms with E-state index in [4.69, 9.17) is 5.11 Å². The number of aliphatic hydroxyl groups excluding tert-OH is 1. The van der Waals surface area contributed by atoms with Gasteiger partial charge in [-0.3, -0.25) is 0 Å². The van der Waals surface area contributed by atoms with Crippen LogP contribution in [0.15, 0.2) is 12.3 Å². The Morgan fingerprint density at radius 3 is 1.80 bits per heavy atom. The first-order valence-electron chi connectivity index (χ1n) is 1.08. The molecule has 1 N–H and O–H groups in total. The molecule has 32 valence electrons. The van der Waals surface area contributed by atoms with E-state index in [1.165, 1.54) is 6.92 Å². The highest BCUT2D eigenvalue weighted by molar-refractivity contribution is 4.67. The molecule has 0 amide bonds. The minimum atomic E-state index is 0. The van der Waals surface area contributed by atoms with Crippen LogP contribution in [0.3, 0.4) is 0 Å². The van der Waals surface area contributed by atoms with Gasteiger partial charge >= 0.3 is 0 Å². The zero-order chi connectivity index (χ0) is 3.58. The third-order valence-corrected chi connectivity index (χ3v) is 0. The summed E-state index contributed by atoms with van der Waals surface area (Å²) in [6, 6.07) is 0. The predicted molar refractivity (Wildman–Crippen MR) is 24.2 cm³/mol. The van der Waals surface area contributed by atoms with Crippen LogP contribution in [0.5, 0.6) is 0 Å². The first-order valence-corrected chi connectivity index (χ1v) is 1.08. The third-order valence-electron chi connectivity index (χ3n) is 0. The molecule has 0 saturated carbocycles. The topological polar surface area (TPSA) is 20.2 Å². The van der Waals surface area contributed by atoms with Gasteiger partial charge in [0.15, 0.2) is 0 Å². The van der Waals surface area contributed by atoms with Crippen molar-refractivity contribution in [2.75, 3.05) is 0 Å². The van der Waals surface area contributed by atoms with Crippen LogP contribution >= 0.6 is 0 Å². The van der Waals surface area contributed by atoms with Crippen molar-refractivity contribution in [1.29, 1.82) is 0 Å². The molecule has 0 aliphatic carbocycles. The van der Waals surface area contributed by atoms with Gasteiger partial charge < -0.3 is 5.11 Å². The van der Waals surface area contributed by atoms with Crippen molar-refractivity contribution in [2.45, 2.75) is 14.4 Å². The summed E-state index contributed by atoms with van der Waals surface area (Å²) in [5.41, 5.74) is 0. The van der Waals surface area contributed by atoms with Crippen LogP contribution in [0.25, 0.3) is 0 Å². The monoisotopic (exact) mass is 74.1 g/mol. The quantitative estimate of drug-likeness (QED) is 0.434. The average molecular weight is 74.1 g/mol. The van der Waals surface area contributed by atoms with Gasteiger partial charge in [0.25, 0.3) is 0 Å². The van der Waals surface area contributed by atoms with Crippen LogP contribution in [-0.4, -0.2) is 5.11 Å². The van der Waals surface area contributed by atoms with Gasteiger partial charge in [0.05, 0.1) is 5.76 Å². The minimum absolute atomic E-state index is 0. The fraction of sp³-hybridized carbons (Fsp3) is 0.500. The average Bonchev–Trinajstić information content (AvgIpc) is 0.811. The summed E-state index contributed by atoms with van der Waals surface area (Å²) in [6.45, 7) is 4.64. The van der Waals surface area contributed by atoms with Gasteiger partial charge in [0.2, 0.25) is 0 Å². The summed E-state index contributed by atoms with van der Waals surface area (Å²) >= 11 is 0. The second-order valence-corrected chi connectivity index (χ2v) is 0.735. The van der Waals surface area contributed by atoms with Gasteiger partial charge in [-0.1, -0.05) is 14.0 Å². The Kier molecular flexibility index (Phi) is 6.24. The Balaban J connectivity index is 0. The molecule has 0 aromatic carbocycles. The summed E-state index contributed by atoms with van der Waals surface area (Å²) in [5.74, 6) is 0.167. The summed E-state index contributed by atoms with van der Waals surface area (Å²) in [4.78, 5) is 0. The van der Waals surface area contributed by atoms with Gasteiger partial charge in [-0.25, -0.2) is 0 Å². The molecule has 0 fully saturated rings. The highest BCUT2D eigenvalue weighted by atomic mass is 16.3. The van der Waals surface area contributed by atoms with Gasteiger partial charge in [0, 0.05) is 0 Å². The maximum atomic E-state index is 7.86. The number of hydrogen-bond donors (Lipinski definition) is 1. The van der Waals surface area contributed by atoms with Crippen molar-refractivity contribution in [2.24, 2.45) is 0 Å². The fourth-order valence-electron chi connectivity index (χ4n) is 0. The Labute approximate surface area is 32.9 Å². The Morgan fingerprint density at radius 2 is 1.80 bits per heavy atom. The van der Waals surface area contributed by atoms with Crippen molar-refractivity contribution in [3.05, 3.63) is 12.3 Å². The van der Waals surface area contributed by atoms with Crippen molar-refractivity contribution in [3.63, 3.8) is 0 Å². The fourth-order valence-corrected chi connectivity index (χ4v) is 0. The minimum Gasteiger partial charge on any atom is -0.513 e. The maximum absolute atomic E-state index is 7.86. The van der Waals surface area contributed by atoms with E-state index in [0.717, 1.165) is 0 Å². The summed E-state index contributed by atoms with van der Waals surface area (Å²) in [7, 11) is 0. The smallest absolute Gasteiger partial charge is 0.0820 e. The lowest BCUT2D eigenvalue weighted by atomic mass is 10.7. The van der Waals surface area contributed by atoms with Crippen LogP contribution < -0.4 is 0 Å². The van der Waals surface area contributed by atoms with Crippen molar-refractivity contribution >= 4 is 0 Å². The van der Waals surface area contributed by atoms with Gasteiger partial charge in [-0.15, -0.1) is 0 Å². The van der Waals surface area contributed by atoms with E-state index in [1.807, 2.05) is 0 Å². The molecule has 0 aliphatic heterocycles. The van der Waals surface area contributed by atoms with E-state index in [-0.39, 0.29) is 13.2 Å². The summed E-state index contributed by atoms with van der Waals surface area (Å²) < 4.78 is 0. The molecule has 0 saturated heterocycles. The standard InChI is InChI=1S/C3H6O.CH4/c1-3(2)4;/h4H,1H2,2H3;1H4. The maximum Gasteiger partial charge on any atom is 0.0820 e. The molecule has 0 unspecified atom stereocenters. The second-order valence-electron chi connectivity index (χ2n) is 0.735. The summed E-state index contributed by atoms with van der Waals surface area (Å²) in [6.07, 6.45) is 0. The lowest BCUT2D eigenvalue weighted by molar-refractivity contribution is 0.417. The Bertz CT molecular complexity index is 26.6. The Morgan fingerprint density at radius 1 is 1.80 bits per heavy atom. The summed E-state index contributed by atoms with van der Waals surface area (Å²) in [5, 5.41) is 7.86. The molecular weight excluding hydrogens is 64.0 g/mol. The zero-order valence-corrected chi connectivity index (χ0v) is 2.65. The number of hydrogen-bond acceptors (Lipinski definition) is 1. The van der Waals surface area contributed by atoms with E-state index in [0.29, 0.717) is 0 Å². The molecule has 5 heavy (non-hydrogen) atoms. The molecule has 0 aliphatic rings. The van der Waals surface area contributed by atoms with Crippen molar-refractivity contribution in [3.8, 4) is 0 Å². The Hall–Kier alpha value is -0.460. The van der Waals surface area contributed by atoms with E-state index >= 15 is 0 Å². The molecule has 0 radical (unpaired) electrons. The number of rotatable bonds is 0. The molecular formula is C4H10O. The highest BCUT2D eigenvalue weighted by Gasteiger charge is 1.53. The molecule has 0 aromatic rings.